The van der Waals surface area contributed by atoms with Crippen LogP contribution in [0.15, 0.2) is 67.0 Å². The minimum atomic E-state index is -2.88. The van der Waals surface area contributed by atoms with Crippen LogP contribution in [0, 0.1) is 0 Å². The summed E-state index contributed by atoms with van der Waals surface area (Å²) in [6.07, 6.45) is 2.85. The number of benzene rings is 2. The molecule has 0 spiro atoms. The van der Waals surface area contributed by atoms with Gasteiger partial charge in [-0.15, -0.1) is 10.2 Å². The van der Waals surface area contributed by atoms with Crippen LogP contribution >= 0.6 is 0 Å². The van der Waals surface area contributed by atoms with Gasteiger partial charge in [0.2, 0.25) is 5.88 Å². The zero-order valence-electron chi connectivity index (χ0n) is 16.0. The molecule has 0 aliphatic heterocycles. The Morgan fingerprint density at radius 1 is 0.967 bits per heavy atom. The molecule has 2 heterocycles. The maximum atomic E-state index is 12.4. The molecule has 0 saturated carbocycles. The van der Waals surface area contributed by atoms with E-state index in [0.717, 1.165) is 5.56 Å². The Balaban J connectivity index is 1.61. The molecule has 0 radical (unpaired) electrons. The Hall–Kier alpha value is -3.59. The highest BCUT2D eigenvalue weighted by Gasteiger charge is 2.16. The van der Waals surface area contributed by atoms with Gasteiger partial charge in [0, 0.05) is 12.7 Å². The van der Waals surface area contributed by atoms with Crippen molar-refractivity contribution in [2.24, 2.45) is 0 Å². The summed E-state index contributed by atoms with van der Waals surface area (Å²) in [5.74, 6) is 0.976. The zero-order valence-corrected chi connectivity index (χ0v) is 16.0. The number of aromatic nitrogens is 4. The topological polar surface area (TPSA) is 70.8 Å². The van der Waals surface area contributed by atoms with E-state index in [1.165, 1.54) is 12.1 Å². The second-order valence-electron chi connectivity index (χ2n) is 6.31. The van der Waals surface area contributed by atoms with Crippen LogP contribution in [-0.4, -0.2) is 39.9 Å². The molecule has 0 aliphatic carbocycles. The Kier molecular flexibility index (Phi) is 5.80. The van der Waals surface area contributed by atoms with Crippen LogP contribution in [0.5, 0.6) is 11.6 Å². The van der Waals surface area contributed by atoms with Gasteiger partial charge in [0.25, 0.3) is 0 Å². The Labute approximate surface area is 170 Å². The molecular formula is C21H18F2N4O3. The van der Waals surface area contributed by atoms with Gasteiger partial charge in [-0.25, -0.2) is 4.40 Å². The fourth-order valence-corrected chi connectivity index (χ4v) is 3.03. The minimum Gasteiger partial charge on any atom is -0.474 e. The molecule has 0 amide bonds. The van der Waals surface area contributed by atoms with Gasteiger partial charge in [0.05, 0.1) is 12.4 Å². The van der Waals surface area contributed by atoms with Crippen LogP contribution in [0.3, 0.4) is 0 Å². The third kappa shape index (κ3) is 4.20. The molecule has 7 nitrogen and oxygen atoms in total. The number of rotatable bonds is 8. The number of fused-ring (bicyclic) bond motifs is 1. The molecule has 0 aliphatic rings. The van der Waals surface area contributed by atoms with Gasteiger partial charge in [-0.2, -0.15) is 8.78 Å². The van der Waals surface area contributed by atoms with E-state index in [0.29, 0.717) is 22.9 Å². The number of methoxy groups -OCH3 is 1. The Morgan fingerprint density at radius 3 is 2.43 bits per heavy atom. The van der Waals surface area contributed by atoms with Crippen LogP contribution in [0.2, 0.25) is 0 Å². The van der Waals surface area contributed by atoms with Gasteiger partial charge >= 0.3 is 6.61 Å². The van der Waals surface area contributed by atoms with Gasteiger partial charge in [-0.1, -0.05) is 30.3 Å². The molecular weight excluding hydrogens is 394 g/mol. The average molecular weight is 412 g/mol. The van der Waals surface area contributed by atoms with E-state index in [-0.39, 0.29) is 18.5 Å². The van der Waals surface area contributed by atoms with E-state index >= 15 is 0 Å². The molecule has 9 heteroatoms. The first-order chi connectivity index (χ1) is 14.7. The lowest BCUT2D eigenvalue weighted by Crippen LogP contribution is -2.14. The summed E-state index contributed by atoms with van der Waals surface area (Å²) in [4.78, 5) is 4.15. The normalized spacial score (nSPS) is 12.3. The SMILES string of the molecule is COC(COc1cncc2nnc(-c3ccc(OC(F)F)cc3)n12)c1ccccc1. The predicted molar refractivity (Wildman–Crippen MR) is 105 cm³/mol. The summed E-state index contributed by atoms with van der Waals surface area (Å²) in [6.45, 7) is -2.63. The molecule has 1 unspecified atom stereocenters. The summed E-state index contributed by atoms with van der Waals surface area (Å²) in [5, 5.41) is 8.31. The van der Waals surface area contributed by atoms with Crippen molar-refractivity contribution in [2.75, 3.05) is 13.7 Å². The van der Waals surface area contributed by atoms with E-state index in [1.54, 1.807) is 36.0 Å². The first kappa shape index (κ1) is 19.7. The summed E-state index contributed by atoms with van der Waals surface area (Å²) in [7, 11) is 1.62. The predicted octanol–water partition coefficient (Wildman–Crippen LogP) is 4.16. The highest BCUT2D eigenvalue weighted by Crippen LogP contribution is 2.26. The third-order valence-electron chi connectivity index (χ3n) is 4.46. The van der Waals surface area contributed by atoms with E-state index in [1.807, 2.05) is 30.3 Å². The Morgan fingerprint density at radius 2 is 1.73 bits per heavy atom. The largest absolute Gasteiger partial charge is 0.474 e. The van der Waals surface area contributed by atoms with Crippen LogP contribution < -0.4 is 9.47 Å². The average Bonchev–Trinajstić information content (AvgIpc) is 3.20. The van der Waals surface area contributed by atoms with Gasteiger partial charge in [-0.3, -0.25) is 4.98 Å². The lowest BCUT2D eigenvalue weighted by Gasteiger charge is -2.17. The van der Waals surface area contributed by atoms with Crippen molar-refractivity contribution in [1.29, 1.82) is 0 Å². The summed E-state index contributed by atoms with van der Waals surface area (Å²) < 4.78 is 42.4. The first-order valence-electron chi connectivity index (χ1n) is 9.10. The molecule has 4 aromatic rings. The molecule has 0 bridgehead atoms. The van der Waals surface area contributed by atoms with Gasteiger partial charge in [0.15, 0.2) is 11.5 Å². The number of hydrogen-bond donors (Lipinski definition) is 0. The molecule has 2 aromatic carbocycles. The van der Waals surface area contributed by atoms with Gasteiger partial charge in [0.1, 0.15) is 18.5 Å². The van der Waals surface area contributed by atoms with Crippen molar-refractivity contribution in [3.63, 3.8) is 0 Å². The fraction of sp³-hybridized carbons (Fsp3) is 0.190. The molecule has 2 aromatic heterocycles. The highest BCUT2D eigenvalue weighted by molar-refractivity contribution is 5.61. The monoisotopic (exact) mass is 412 g/mol. The number of alkyl halides is 2. The molecule has 0 saturated heterocycles. The third-order valence-corrected chi connectivity index (χ3v) is 4.46. The Bertz CT molecular complexity index is 1100. The van der Waals surface area contributed by atoms with Crippen molar-refractivity contribution < 1.29 is 23.0 Å². The maximum Gasteiger partial charge on any atom is 0.387 e. The van der Waals surface area contributed by atoms with Gasteiger partial charge < -0.3 is 14.2 Å². The number of hydrogen-bond acceptors (Lipinski definition) is 6. The minimum absolute atomic E-state index is 0.0616. The van der Waals surface area contributed by atoms with Gasteiger partial charge in [-0.05, 0) is 29.8 Å². The quantitative estimate of drug-likeness (QED) is 0.433. The van der Waals surface area contributed by atoms with Crippen molar-refractivity contribution >= 4 is 5.65 Å². The zero-order chi connectivity index (χ0) is 20.9. The molecule has 0 N–H and O–H groups in total. The van der Waals surface area contributed by atoms with Crippen LogP contribution in [0.4, 0.5) is 8.78 Å². The molecule has 1 atom stereocenters. The lowest BCUT2D eigenvalue weighted by atomic mass is 10.1. The maximum absolute atomic E-state index is 12.4. The number of nitrogens with zero attached hydrogens (tertiary/aromatic N) is 4. The lowest BCUT2D eigenvalue weighted by molar-refractivity contribution is -0.0498. The smallest absolute Gasteiger partial charge is 0.387 e. The highest BCUT2D eigenvalue weighted by atomic mass is 19.3. The van der Waals surface area contributed by atoms with Crippen LogP contribution in [-0.2, 0) is 4.74 Å². The van der Waals surface area contributed by atoms with Crippen molar-refractivity contribution in [3.05, 3.63) is 72.6 Å². The van der Waals surface area contributed by atoms with Crippen LogP contribution in [0.25, 0.3) is 17.0 Å². The number of ether oxygens (including phenoxy) is 3. The second-order valence-corrected chi connectivity index (χ2v) is 6.31. The molecule has 0 fully saturated rings. The molecule has 4 rings (SSSR count). The van der Waals surface area contributed by atoms with E-state index < -0.39 is 6.61 Å². The van der Waals surface area contributed by atoms with Crippen LogP contribution in [0.1, 0.15) is 11.7 Å². The molecule has 154 valence electrons. The van der Waals surface area contributed by atoms with E-state index in [9.17, 15) is 8.78 Å². The molecule has 30 heavy (non-hydrogen) atoms. The van der Waals surface area contributed by atoms with Crippen molar-refractivity contribution in [3.8, 4) is 23.0 Å². The van der Waals surface area contributed by atoms with E-state index in [2.05, 4.69) is 19.9 Å². The fourth-order valence-electron chi connectivity index (χ4n) is 3.03. The summed E-state index contributed by atoms with van der Waals surface area (Å²) in [5.41, 5.74) is 2.13. The second kappa shape index (κ2) is 8.83. The van der Waals surface area contributed by atoms with E-state index in [4.69, 9.17) is 9.47 Å². The number of halogens is 2. The van der Waals surface area contributed by atoms with Crippen molar-refractivity contribution in [2.45, 2.75) is 12.7 Å². The summed E-state index contributed by atoms with van der Waals surface area (Å²) >= 11 is 0. The summed E-state index contributed by atoms with van der Waals surface area (Å²) in [6, 6.07) is 15.9. The standard InChI is InChI=1S/C21H18F2N4O3/c1-28-17(14-5-3-2-4-6-14)13-29-19-12-24-11-18-25-26-20(27(18)19)15-7-9-16(10-8-15)30-21(22)23/h2-12,17,21H,13H2,1H3. The van der Waals surface area contributed by atoms with Crippen molar-refractivity contribution in [1.82, 2.24) is 19.6 Å². The first-order valence-corrected chi connectivity index (χ1v) is 9.10.